The SMILES string of the molecule is CC(C)OCC(O)CN1CCC(N(C)c2cccnn2)CC1. The van der Waals surface area contributed by atoms with Crippen LogP contribution in [0, 0.1) is 0 Å². The minimum atomic E-state index is -0.406. The number of hydrogen-bond donors (Lipinski definition) is 1. The average molecular weight is 308 g/mol. The first kappa shape index (κ1) is 17.1. The molecule has 1 unspecified atom stereocenters. The summed E-state index contributed by atoms with van der Waals surface area (Å²) in [7, 11) is 2.08. The Hall–Kier alpha value is -1.24. The highest BCUT2D eigenvalue weighted by Crippen LogP contribution is 2.19. The molecule has 0 spiro atoms. The third-order valence-electron chi connectivity index (χ3n) is 4.12. The topological polar surface area (TPSA) is 61.7 Å². The van der Waals surface area contributed by atoms with Crippen molar-refractivity contribution in [1.29, 1.82) is 0 Å². The molecule has 0 amide bonds. The fraction of sp³-hybridized carbons (Fsp3) is 0.750. The van der Waals surface area contributed by atoms with Crippen LogP contribution in [0.5, 0.6) is 0 Å². The van der Waals surface area contributed by atoms with E-state index in [9.17, 15) is 5.11 Å². The molecule has 0 aromatic carbocycles. The molecule has 0 aliphatic carbocycles. The standard InChI is InChI=1S/C16H28N4O2/c1-13(2)22-12-15(21)11-20-9-6-14(7-10-20)19(3)16-5-4-8-17-18-16/h4-5,8,13-15,21H,6-7,9-12H2,1-3H3. The second kappa shape index (κ2) is 8.41. The first-order valence-electron chi connectivity index (χ1n) is 8.09. The molecular formula is C16H28N4O2. The lowest BCUT2D eigenvalue weighted by Crippen LogP contribution is -2.46. The van der Waals surface area contributed by atoms with Crippen molar-refractivity contribution >= 4 is 5.82 Å². The lowest BCUT2D eigenvalue weighted by atomic mass is 10.0. The van der Waals surface area contributed by atoms with E-state index in [0.717, 1.165) is 31.7 Å². The second-order valence-corrected chi connectivity index (χ2v) is 6.26. The molecule has 1 aromatic heterocycles. The van der Waals surface area contributed by atoms with Gasteiger partial charge in [0.05, 0.1) is 18.8 Å². The Morgan fingerprint density at radius 1 is 1.41 bits per heavy atom. The van der Waals surface area contributed by atoms with Gasteiger partial charge in [0.2, 0.25) is 0 Å². The molecule has 124 valence electrons. The van der Waals surface area contributed by atoms with Crippen LogP contribution >= 0.6 is 0 Å². The zero-order valence-electron chi connectivity index (χ0n) is 13.9. The number of anilines is 1. The lowest BCUT2D eigenvalue weighted by molar-refractivity contribution is -0.0111. The second-order valence-electron chi connectivity index (χ2n) is 6.26. The van der Waals surface area contributed by atoms with Crippen LogP contribution in [0.2, 0.25) is 0 Å². The summed E-state index contributed by atoms with van der Waals surface area (Å²) in [6.07, 6.45) is 3.61. The highest BCUT2D eigenvalue weighted by atomic mass is 16.5. The van der Waals surface area contributed by atoms with Crippen LogP contribution in [-0.2, 0) is 4.74 Å². The summed E-state index contributed by atoms with van der Waals surface area (Å²) in [6, 6.07) is 4.39. The van der Waals surface area contributed by atoms with E-state index >= 15 is 0 Å². The van der Waals surface area contributed by atoms with Gasteiger partial charge in [-0.05, 0) is 38.8 Å². The molecule has 2 rings (SSSR count). The van der Waals surface area contributed by atoms with E-state index in [4.69, 9.17) is 4.74 Å². The average Bonchev–Trinajstić information content (AvgIpc) is 2.54. The Balaban J connectivity index is 1.73. The molecule has 1 aromatic rings. The third kappa shape index (κ3) is 5.19. The van der Waals surface area contributed by atoms with Crippen LogP contribution in [0.3, 0.4) is 0 Å². The van der Waals surface area contributed by atoms with Gasteiger partial charge in [0.15, 0.2) is 5.82 Å². The van der Waals surface area contributed by atoms with Crippen molar-refractivity contribution in [2.24, 2.45) is 0 Å². The fourth-order valence-corrected chi connectivity index (χ4v) is 2.81. The highest BCUT2D eigenvalue weighted by Gasteiger charge is 2.24. The molecule has 6 heteroatoms. The minimum absolute atomic E-state index is 0.168. The summed E-state index contributed by atoms with van der Waals surface area (Å²) in [5.74, 6) is 0.923. The third-order valence-corrected chi connectivity index (χ3v) is 4.12. The van der Waals surface area contributed by atoms with Crippen LogP contribution < -0.4 is 4.90 Å². The van der Waals surface area contributed by atoms with Gasteiger partial charge in [0.25, 0.3) is 0 Å². The van der Waals surface area contributed by atoms with E-state index in [1.54, 1.807) is 6.20 Å². The number of nitrogens with zero attached hydrogens (tertiary/aromatic N) is 4. The first-order valence-corrected chi connectivity index (χ1v) is 8.09. The van der Waals surface area contributed by atoms with Crippen molar-refractivity contribution in [2.45, 2.75) is 44.9 Å². The predicted octanol–water partition coefficient (Wildman–Crippen LogP) is 1.16. The number of piperidine rings is 1. The van der Waals surface area contributed by atoms with Crippen LogP contribution in [0.4, 0.5) is 5.82 Å². The molecular weight excluding hydrogens is 280 g/mol. The molecule has 0 radical (unpaired) electrons. The summed E-state index contributed by atoms with van der Waals surface area (Å²) < 4.78 is 5.46. The Bertz CT molecular complexity index is 421. The maximum atomic E-state index is 10.0. The normalized spacial score (nSPS) is 18.6. The molecule has 1 fully saturated rings. The zero-order valence-corrected chi connectivity index (χ0v) is 13.9. The summed E-state index contributed by atoms with van der Waals surface area (Å²) in [5, 5.41) is 18.1. The van der Waals surface area contributed by atoms with Crippen LogP contribution in [0.15, 0.2) is 18.3 Å². The lowest BCUT2D eigenvalue weighted by Gasteiger charge is -2.37. The number of β-amino-alcohol motifs (C(OH)–C–C–N with tert-alkyl or cyclic N) is 1. The molecule has 1 aliphatic heterocycles. The molecule has 0 bridgehead atoms. The van der Waals surface area contributed by atoms with Crippen molar-refractivity contribution in [1.82, 2.24) is 15.1 Å². The fourth-order valence-electron chi connectivity index (χ4n) is 2.81. The maximum absolute atomic E-state index is 10.0. The molecule has 6 nitrogen and oxygen atoms in total. The Morgan fingerprint density at radius 3 is 2.73 bits per heavy atom. The van der Waals surface area contributed by atoms with E-state index in [0.29, 0.717) is 19.2 Å². The van der Waals surface area contributed by atoms with E-state index < -0.39 is 6.10 Å². The Morgan fingerprint density at radius 2 is 2.14 bits per heavy atom. The number of hydrogen-bond acceptors (Lipinski definition) is 6. The Kier molecular flexibility index (Phi) is 6.54. The van der Waals surface area contributed by atoms with Gasteiger partial charge in [-0.1, -0.05) is 0 Å². The number of aliphatic hydroxyl groups is 1. The van der Waals surface area contributed by atoms with Gasteiger partial charge in [-0.2, -0.15) is 5.10 Å². The smallest absolute Gasteiger partial charge is 0.151 e. The highest BCUT2D eigenvalue weighted by molar-refractivity contribution is 5.36. The first-order chi connectivity index (χ1) is 10.6. The summed E-state index contributed by atoms with van der Waals surface area (Å²) in [4.78, 5) is 4.53. The van der Waals surface area contributed by atoms with E-state index in [2.05, 4.69) is 27.0 Å². The van der Waals surface area contributed by atoms with Gasteiger partial charge in [-0.15, -0.1) is 5.10 Å². The quantitative estimate of drug-likeness (QED) is 0.816. The van der Waals surface area contributed by atoms with E-state index in [-0.39, 0.29) is 6.10 Å². The number of aromatic nitrogens is 2. The van der Waals surface area contributed by atoms with Crippen molar-refractivity contribution in [2.75, 3.05) is 38.2 Å². The molecule has 1 atom stereocenters. The van der Waals surface area contributed by atoms with Crippen LogP contribution in [-0.4, -0.2) is 71.7 Å². The van der Waals surface area contributed by atoms with Gasteiger partial charge in [0.1, 0.15) is 0 Å². The maximum Gasteiger partial charge on any atom is 0.151 e. The van der Waals surface area contributed by atoms with Gasteiger partial charge in [0, 0.05) is 38.9 Å². The van der Waals surface area contributed by atoms with Gasteiger partial charge >= 0.3 is 0 Å². The van der Waals surface area contributed by atoms with Crippen LogP contribution in [0.1, 0.15) is 26.7 Å². The van der Waals surface area contributed by atoms with Crippen molar-refractivity contribution in [3.8, 4) is 0 Å². The zero-order chi connectivity index (χ0) is 15.9. The van der Waals surface area contributed by atoms with E-state index in [1.165, 1.54) is 0 Å². The Labute approximate surface area is 133 Å². The molecule has 22 heavy (non-hydrogen) atoms. The molecule has 1 N–H and O–H groups in total. The number of ether oxygens (including phenoxy) is 1. The number of rotatable bonds is 7. The largest absolute Gasteiger partial charge is 0.389 e. The molecule has 1 aliphatic rings. The van der Waals surface area contributed by atoms with Crippen molar-refractivity contribution in [3.63, 3.8) is 0 Å². The summed E-state index contributed by atoms with van der Waals surface area (Å²) in [5.41, 5.74) is 0. The molecule has 2 heterocycles. The van der Waals surface area contributed by atoms with Gasteiger partial charge in [-0.25, -0.2) is 0 Å². The van der Waals surface area contributed by atoms with Crippen molar-refractivity contribution in [3.05, 3.63) is 18.3 Å². The molecule has 0 saturated carbocycles. The minimum Gasteiger partial charge on any atom is -0.389 e. The molecule has 1 saturated heterocycles. The number of aliphatic hydroxyl groups excluding tert-OH is 1. The van der Waals surface area contributed by atoms with Crippen LogP contribution in [0.25, 0.3) is 0 Å². The predicted molar refractivity (Wildman–Crippen MR) is 87.0 cm³/mol. The summed E-state index contributed by atoms with van der Waals surface area (Å²) >= 11 is 0. The monoisotopic (exact) mass is 308 g/mol. The van der Waals surface area contributed by atoms with Gasteiger partial charge in [-0.3, -0.25) is 0 Å². The number of likely N-dealkylation sites (tertiary alicyclic amines) is 1. The summed E-state index contributed by atoms with van der Waals surface area (Å²) in [6.45, 7) is 7.06. The van der Waals surface area contributed by atoms with E-state index in [1.807, 2.05) is 26.0 Å². The van der Waals surface area contributed by atoms with Crippen molar-refractivity contribution < 1.29 is 9.84 Å². The van der Waals surface area contributed by atoms with Gasteiger partial charge < -0.3 is 19.6 Å².